The highest BCUT2D eigenvalue weighted by Crippen LogP contribution is 2.34. The van der Waals surface area contributed by atoms with Gasteiger partial charge in [0, 0.05) is 58.3 Å². The van der Waals surface area contributed by atoms with Crippen LogP contribution in [0.15, 0.2) is 11.3 Å². The molecule has 3 heterocycles. The zero-order valence-corrected chi connectivity index (χ0v) is 38.5. The van der Waals surface area contributed by atoms with Gasteiger partial charge in [-0.05, 0) is 5.53 Å². The van der Waals surface area contributed by atoms with E-state index in [0.29, 0.717) is 17.6 Å². The molecule has 1 aromatic rings. The lowest BCUT2D eigenvalue weighted by Gasteiger charge is -2.44. The van der Waals surface area contributed by atoms with Crippen molar-refractivity contribution in [1.82, 2.24) is 36.3 Å². The van der Waals surface area contributed by atoms with E-state index in [1.165, 1.54) is 46.2 Å². The summed E-state index contributed by atoms with van der Waals surface area (Å²) in [5, 5.41) is 22.5. The van der Waals surface area contributed by atoms with E-state index in [2.05, 4.69) is 79.4 Å². The summed E-state index contributed by atoms with van der Waals surface area (Å²) in [6, 6.07) is -1.62. The van der Waals surface area contributed by atoms with Gasteiger partial charge in [0.25, 0.3) is 0 Å². The van der Waals surface area contributed by atoms with Gasteiger partial charge < -0.3 is 49.7 Å². The predicted molar refractivity (Wildman–Crippen MR) is 221 cm³/mol. The second kappa shape index (κ2) is 28.3. The molecule has 26 heteroatoms. The number of nitrogens with zero attached hydrogens (tertiary/aromatic N) is 6. The summed E-state index contributed by atoms with van der Waals surface area (Å²) in [6.45, 7) is 11.4. The van der Waals surface area contributed by atoms with Crippen LogP contribution in [0.4, 0.5) is 0 Å². The summed E-state index contributed by atoms with van der Waals surface area (Å²) in [7, 11) is 0. The number of nitrogens with one attached hydrogen (secondary N) is 4. The maximum absolute atomic E-state index is 11.9. The predicted octanol–water partition coefficient (Wildman–Crippen LogP) is 0.610. The Morgan fingerprint density at radius 2 is 1.29 bits per heavy atom. The number of ether oxygens (including phenoxy) is 6. The number of terminal acetylenes is 1. The van der Waals surface area contributed by atoms with Crippen molar-refractivity contribution in [2.45, 2.75) is 111 Å². The number of carbonyl (C=O) groups excluding carboxylic acids is 8. The summed E-state index contributed by atoms with van der Waals surface area (Å²) in [6.07, 6.45) is 1.56. The number of alkyl halides is 2. The van der Waals surface area contributed by atoms with Gasteiger partial charge in [-0.2, -0.15) is 0 Å². The molecule has 0 spiro atoms. The van der Waals surface area contributed by atoms with Gasteiger partial charge in [0.15, 0.2) is 12.5 Å². The molecule has 0 saturated carbocycles. The molecule has 24 nitrogen and oxygen atoms in total. The Hall–Kier alpha value is -5.35. The van der Waals surface area contributed by atoms with Gasteiger partial charge in [-0.15, -0.1) is 11.5 Å². The maximum atomic E-state index is 11.9. The van der Waals surface area contributed by atoms with Crippen molar-refractivity contribution in [3.63, 3.8) is 0 Å². The Kier molecular flexibility index (Phi) is 24.9. The Bertz CT molecular complexity index is 1810. The van der Waals surface area contributed by atoms with Crippen LogP contribution in [-0.4, -0.2) is 136 Å². The zero-order chi connectivity index (χ0) is 47.1. The minimum absolute atomic E-state index is 0.0690. The highest BCUT2D eigenvalue weighted by atomic mass is 79.9. The topological polar surface area (TPSA) is 320 Å². The molecular formula is C36H52Br2N10O14. The molecule has 2 saturated heterocycles. The van der Waals surface area contributed by atoms with E-state index < -0.39 is 84.7 Å². The molecule has 10 atom stereocenters. The fourth-order valence-electron chi connectivity index (χ4n) is 5.81. The lowest BCUT2D eigenvalue weighted by Crippen LogP contribution is -2.61. The Labute approximate surface area is 374 Å². The average Bonchev–Trinajstić information content (AvgIpc) is 3.67. The summed E-state index contributed by atoms with van der Waals surface area (Å²) in [5.74, 6) is -1.63. The highest BCUT2D eigenvalue weighted by Gasteiger charge is 2.48. The number of hydrogen-bond acceptors (Lipinski definition) is 17. The molecule has 2 fully saturated rings. The monoisotopic (exact) mass is 1010 g/mol. The third-order valence-corrected chi connectivity index (χ3v) is 9.51. The SMILES string of the molecule is C#CCNC(=O)CBr.CC(=O)NC1[C@@H](OC(C)=O)[C@H](C)C(COC(C)=O)O[C@H]1n1cc(CNC(=O)CBr)nn1.CC(=O)NC1[C@H](N=[N+]=[N-])OC(COC(C)=O)[C@@H](C)[C@@H]1OC(C)=O. The lowest BCUT2D eigenvalue weighted by molar-refractivity contribution is -0.211. The van der Waals surface area contributed by atoms with Gasteiger partial charge in [0.1, 0.15) is 43.3 Å². The average molecular weight is 1010 g/mol. The van der Waals surface area contributed by atoms with Crippen LogP contribution in [0.25, 0.3) is 10.4 Å². The van der Waals surface area contributed by atoms with Crippen LogP contribution < -0.4 is 21.3 Å². The minimum Gasteiger partial charge on any atom is -0.463 e. The van der Waals surface area contributed by atoms with E-state index in [-0.39, 0.29) is 48.7 Å². The van der Waals surface area contributed by atoms with Crippen LogP contribution in [0.5, 0.6) is 0 Å². The number of esters is 4. The van der Waals surface area contributed by atoms with Crippen molar-refractivity contribution in [3.8, 4) is 12.3 Å². The molecule has 0 radical (unpaired) electrons. The number of carbonyl (C=O) groups is 8. The first-order chi connectivity index (χ1) is 29.2. The molecule has 4 amide bonds. The molecule has 0 aromatic carbocycles. The molecule has 2 aliphatic rings. The van der Waals surface area contributed by atoms with Crippen LogP contribution in [-0.2, 0) is 73.3 Å². The van der Waals surface area contributed by atoms with Gasteiger partial charge in [-0.1, -0.05) is 62.0 Å². The Balaban J connectivity index is 0.000000543. The standard InChI is InChI=1S/C18H26BrN5O7.C13H20N4O6.C5H6BrNO/c1-9-14(8-29-11(3)26)31-18(16(21-10(2)25)17(9)30-12(4)27)24-7-13(22-23-24)6-20-15(28)5-19;1-6-10(5-21-8(3)19)23-13(16-17-14)11(15-7(2)18)12(6)22-9(4)20;1-2-3-7-5(8)4-6/h7,9,14,16-18H,5-6,8H2,1-4H3,(H,20,28)(H,21,25);6,10-13H,5H2,1-4H3,(H,15,18);1H,3-4H2,(H,7,8)/t9-,14?,16?,17+,18-;6-,10?,11?,12+,13-;/m11./s1. The highest BCUT2D eigenvalue weighted by molar-refractivity contribution is 9.09. The van der Waals surface area contributed by atoms with Crippen molar-refractivity contribution in [3.05, 3.63) is 22.3 Å². The van der Waals surface area contributed by atoms with E-state index in [9.17, 15) is 38.4 Å². The normalized spacial score (nSPS) is 24.7. The first-order valence-electron chi connectivity index (χ1n) is 18.7. The van der Waals surface area contributed by atoms with Gasteiger partial charge in [0.05, 0.1) is 42.1 Å². The molecule has 344 valence electrons. The van der Waals surface area contributed by atoms with E-state index in [1.54, 1.807) is 20.0 Å². The maximum Gasteiger partial charge on any atom is 0.302 e. The molecular weight excluding hydrogens is 956 g/mol. The van der Waals surface area contributed by atoms with Gasteiger partial charge in [-0.3, -0.25) is 38.4 Å². The number of azide groups is 1. The summed E-state index contributed by atoms with van der Waals surface area (Å²) >= 11 is 6.02. The molecule has 0 aliphatic carbocycles. The van der Waals surface area contributed by atoms with Crippen molar-refractivity contribution in [1.29, 1.82) is 0 Å². The zero-order valence-electron chi connectivity index (χ0n) is 35.3. The van der Waals surface area contributed by atoms with Crippen LogP contribution >= 0.6 is 31.9 Å². The van der Waals surface area contributed by atoms with E-state index in [1.807, 2.05) is 0 Å². The van der Waals surface area contributed by atoms with Crippen LogP contribution in [0.3, 0.4) is 0 Å². The van der Waals surface area contributed by atoms with E-state index >= 15 is 0 Å². The summed E-state index contributed by atoms with van der Waals surface area (Å²) in [5.41, 5.74) is 9.14. The molecule has 62 heavy (non-hydrogen) atoms. The van der Waals surface area contributed by atoms with Crippen molar-refractivity contribution >= 4 is 79.4 Å². The summed E-state index contributed by atoms with van der Waals surface area (Å²) < 4.78 is 33.9. The quantitative estimate of drug-likeness (QED) is 0.0356. The lowest BCUT2D eigenvalue weighted by atomic mass is 9.88. The molecule has 4 unspecified atom stereocenters. The van der Waals surface area contributed by atoms with Crippen LogP contribution in [0.1, 0.15) is 67.3 Å². The number of aromatic nitrogens is 3. The second-order valence-corrected chi connectivity index (χ2v) is 14.6. The smallest absolute Gasteiger partial charge is 0.302 e. The van der Waals surface area contributed by atoms with Gasteiger partial charge in [0.2, 0.25) is 23.6 Å². The first kappa shape index (κ1) is 54.7. The number of amides is 4. The van der Waals surface area contributed by atoms with Crippen molar-refractivity contribution in [2.75, 3.05) is 30.4 Å². The molecule has 3 rings (SSSR count). The van der Waals surface area contributed by atoms with Gasteiger partial charge >= 0.3 is 23.9 Å². The van der Waals surface area contributed by atoms with Gasteiger partial charge in [-0.25, -0.2) is 4.68 Å². The number of rotatable bonds is 15. The third-order valence-electron chi connectivity index (χ3n) is 8.49. The molecule has 1 aromatic heterocycles. The Morgan fingerprint density at radius 3 is 1.74 bits per heavy atom. The number of halogens is 2. The van der Waals surface area contributed by atoms with Crippen molar-refractivity contribution < 1.29 is 66.8 Å². The molecule has 0 bridgehead atoms. The second-order valence-electron chi connectivity index (χ2n) is 13.5. The van der Waals surface area contributed by atoms with Crippen LogP contribution in [0.2, 0.25) is 0 Å². The van der Waals surface area contributed by atoms with E-state index in [4.69, 9.17) is 40.4 Å². The fraction of sp³-hybridized carbons (Fsp3) is 0.667. The minimum atomic E-state index is -1.09. The van der Waals surface area contributed by atoms with Crippen LogP contribution in [0, 0.1) is 24.2 Å². The third kappa shape index (κ3) is 19.6. The fourth-order valence-corrected chi connectivity index (χ4v) is 6.20. The summed E-state index contributed by atoms with van der Waals surface area (Å²) in [4.78, 5) is 93.1. The van der Waals surface area contributed by atoms with E-state index in [0.717, 1.165) is 0 Å². The van der Waals surface area contributed by atoms with Crippen molar-refractivity contribution in [2.24, 2.45) is 17.0 Å². The molecule has 4 N–H and O–H groups in total. The first-order valence-corrected chi connectivity index (χ1v) is 20.9. The molecule has 2 aliphatic heterocycles. The number of hydrogen-bond donors (Lipinski definition) is 4. The largest absolute Gasteiger partial charge is 0.463 e. The Morgan fingerprint density at radius 1 is 0.806 bits per heavy atom.